The lowest BCUT2D eigenvalue weighted by atomic mass is 10.2. The fourth-order valence-electron chi connectivity index (χ4n) is 2.97. The highest BCUT2D eigenvalue weighted by molar-refractivity contribution is 8.00. The smallest absolute Gasteiger partial charge is 0.261 e. The van der Waals surface area contributed by atoms with Crippen molar-refractivity contribution in [2.75, 3.05) is 29.0 Å². The Morgan fingerprint density at radius 1 is 1.19 bits per heavy atom. The number of aryl methyl sites for hydroxylation is 1. The number of carbonyl (C=O) groups excluding carboxylic acids is 1. The van der Waals surface area contributed by atoms with Gasteiger partial charge in [0.2, 0.25) is 5.91 Å². The summed E-state index contributed by atoms with van der Waals surface area (Å²) in [5, 5.41) is 2.94. The van der Waals surface area contributed by atoms with E-state index in [0.29, 0.717) is 17.8 Å². The fraction of sp³-hybridized carbons (Fsp3) is 0.316. The Labute approximate surface area is 164 Å². The van der Waals surface area contributed by atoms with E-state index in [2.05, 4.69) is 10.0 Å². The number of sulfonamides is 1. The first-order chi connectivity index (χ1) is 12.7. The van der Waals surface area contributed by atoms with Crippen molar-refractivity contribution in [3.05, 3.63) is 42.0 Å². The number of thioether (sulfide) groups is 1. The quantitative estimate of drug-likeness (QED) is 0.811. The van der Waals surface area contributed by atoms with E-state index in [4.69, 9.17) is 0 Å². The van der Waals surface area contributed by atoms with Crippen molar-refractivity contribution >= 4 is 44.8 Å². The Morgan fingerprint density at radius 3 is 2.63 bits per heavy atom. The van der Waals surface area contributed by atoms with Crippen molar-refractivity contribution in [2.24, 2.45) is 0 Å². The van der Waals surface area contributed by atoms with Gasteiger partial charge in [0.05, 0.1) is 16.3 Å². The van der Waals surface area contributed by atoms with E-state index >= 15 is 0 Å². The lowest BCUT2D eigenvalue weighted by molar-refractivity contribution is -0.116. The number of amides is 1. The van der Waals surface area contributed by atoms with Crippen LogP contribution in [-0.4, -0.2) is 33.7 Å². The van der Waals surface area contributed by atoms with E-state index in [9.17, 15) is 13.2 Å². The molecule has 0 saturated heterocycles. The Kier molecular flexibility index (Phi) is 5.39. The Morgan fingerprint density at radius 2 is 1.93 bits per heavy atom. The number of hydrogen-bond acceptors (Lipinski definition) is 5. The molecular formula is C19H23N3O3S2. The lowest BCUT2D eigenvalue weighted by Gasteiger charge is -2.18. The van der Waals surface area contributed by atoms with Crippen LogP contribution in [0.1, 0.15) is 18.9 Å². The summed E-state index contributed by atoms with van der Waals surface area (Å²) in [7, 11) is 0.0481. The zero-order chi connectivity index (χ0) is 19.8. The Balaban J connectivity index is 1.92. The van der Waals surface area contributed by atoms with E-state index in [1.54, 1.807) is 36.0 Å². The lowest BCUT2D eigenvalue weighted by Crippen LogP contribution is -2.16. The molecule has 6 nitrogen and oxygen atoms in total. The first-order valence-corrected chi connectivity index (χ1v) is 10.9. The Bertz CT molecular complexity index is 988. The summed E-state index contributed by atoms with van der Waals surface area (Å²) in [6, 6.07) is 10.2. The molecule has 1 aliphatic heterocycles. The highest BCUT2D eigenvalue weighted by atomic mass is 32.2. The van der Waals surface area contributed by atoms with Gasteiger partial charge in [0.1, 0.15) is 0 Å². The first kappa shape index (κ1) is 19.6. The number of nitrogens with zero attached hydrogens (tertiary/aromatic N) is 1. The van der Waals surface area contributed by atoms with Crippen LogP contribution >= 0.6 is 11.8 Å². The van der Waals surface area contributed by atoms with Crippen LogP contribution in [0.3, 0.4) is 0 Å². The van der Waals surface area contributed by atoms with Gasteiger partial charge in [0, 0.05) is 36.3 Å². The van der Waals surface area contributed by atoms with Crippen LogP contribution < -0.4 is 14.9 Å². The minimum Gasteiger partial charge on any atom is -0.377 e. The summed E-state index contributed by atoms with van der Waals surface area (Å²) in [6.45, 7) is 3.95. The van der Waals surface area contributed by atoms with Gasteiger partial charge in [-0.15, -0.1) is 11.8 Å². The van der Waals surface area contributed by atoms with Crippen LogP contribution in [0, 0.1) is 6.92 Å². The van der Waals surface area contributed by atoms with Crippen molar-refractivity contribution < 1.29 is 13.2 Å². The number of hydrogen-bond donors (Lipinski definition) is 2. The van der Waals surface area contributed by atoms with Crippen molar-refractivity contribution in [1.29, 1.82) is 0 Å². The molecule has 0 aromatic heterocycles. The summed E-state index contributed by atoms with van der Waals surface area (Å²) in [5.74, 6) is -0.106. The second kappa shape index (κ2) is 7.44. The molecule has 0 radical (unpaired) electrons. The maximum Gasteiger partial charge on any atom is 0.261 e. The predicted octanol–water partition coefficient (Wildman–Crippen LogP) is 3.68. The van der Waals surface area contributed by atoms with Gasteiger partial charge in [0.25, 0.3) is 10.0 Å². The zero-order valence-electron chi connectivity index (χ0n) is 15.7. The molecular weight excluding hydrogens is 382 g/mol. The van der Waals surface area contributed by atoms with Crippen LogP contribution in [0.25, 0.3) is 0 Å². The van der Waals surface area contributed by atoms with Crippen LogP contribution in [-0.2, 0) is 14.8 Å². The van der Waals surface area contributed by atoms with Gasteiger partial charge in [-0.3, -0.25) is 9.52 Å². The average Bonchev–Trinajstić information content (AvgIpc) is 2.71. The molecule has 2 aromatic rings. The van der Waals surface area contributed by atoms with Gasteiger partial charge in [-0.05, 0) is 42.8 Å². The molecule has 0 aliphatic carbocycles. The molecule has 3 rings (SSSR count). The van der Waals surface area contributed by atoms with Crippen LogP contribution in [0.5, 0.6) is 0 Å². The summed E-state index contributed by atoms with van der Waals surface area (Å²) in [5.41, 5.74) is 3.03. The summed E-state index contributed by atoms with van der Waals surface area (Å²) in [4.78, 5) is 14.9. The van der Waals surface area contributed by atoms with Gasteiger partial charge in [-0.25, -0.2) is 8.42 Å². The van der Waals surface area contributed by atoms with Crippen LogP contribution in [0.2, 0.25) is 0 Å². The number of anilines is 3. The highest BCUT2D eigenvalue weighted by Gasteiger charge is 2.22. The number of rotatable bonds is 4. The topological polar surface area (TPSA) is 78.5 Å². The largest absolute Gasteiger partial charge is 0.377 e. The predicted molar refractivity (Wildman–Crippen MR) is 111 cm³/mol. The first-order valence-electron chi connectivity index (χ1n) is 8.57. The van der Waals surface area contributed by atoms with E-state index in [1.165, 1.54) is 6.07 Å². The van der Waals surface area contributed by atoms with Gasteiger partial charge in [-0.1, -0.05) is 13.0 Å². The number of nitrogens with one attached hydrogen (secondary N) is 2. The molecule has 1 heterocycles. The SMILES string of the molecule is Cc1ccc(NS(=O)(=O)c2ccc3c(c2)NC(=O)C[C@@H](C)S3)cc1N(C)C. The maximum absolute atomic E-state index is 12.8. The standard InChI is InChI=1S/C19H23N3O3S2/c1-12-5-6-14(10-17(12)22(3)4)21-27(24,25)15-7-8-18-16(11-15)20-19(23)9-13(2)26-18/h5-8,10-11,13,21H,9H2,1-4H3,(H,20,23)/t13-/m1/s1. The number of benzene rings is 2. The second-order valence-electron chi connectivity index (χ2n) is 6.84. The summed E-state index contributed by atoms with van der Waals surface area (Å²) >= 11 is 1.56. The molecule has 1 aliphatic rings. The van der Waals surface area contributed by atoms with Crippen molar-refractivity contribution in [3.8, 4) is 0 Å². The van der Waals surface area contributed by atoms with E-state index in [1.807, 2.05) is 38.9 Å². The number of carbonyl (C=O) groups is 1. The molecule has 1 amide bonds. The van der Waals surface area contributed by atoms with E-state index in [0.717, 1.165) is 16.1 Å². The van der Waals surface area contributed by atoms with Gasteiger partial charge in [-0.2, -0.15) is 0 Å². The molecule has 144 valence electrons. The normalized spacial score (nSPS) is 16.9. The summed E-state index contributed by atoms with van der Waals surface area (Å²) < 4.78 is 28.3. The molecule has 2 aromatic carbocycles. The second-order valence-corrected chi connectivity index (χ2v) is 10.0. The van der Waals surface area contributed by atoms with Crippen LogP contribution in [0.4, 0.5) is 17.1 Å². The van der Waals surface area contributed by atoms with Crippen molar-refractivity contribution in [2.45, 2.75) is 35.3 Å². The maximum atomic E-state index is 12.8. The highest BCUT2D eigenvalue weighted by Crippen LogP contribution is 2.36. The Hall–Kier alpha value is -2.19. The molecule has 1 atom stereocenters. The fourth-order valence-corrected chi connectivity index (χ4v) is 5.09. The molecule has 0 unspecified atom stereocenters. The zero-order valence-corrected chi connectivity index (χ0v) is 17.4. The van der Waals surface area contributed by atoms with Crippen molar-refractivity contribution in [1.82, 2.24) is 0 Å². The minimum absolute atomic E-state index is 0.106. The third-order valence-electron chi connectivity index (χ3n) is 4.28. The molecule has 27 heavy (non-hydrogen) atoms. The van der Waals surface area contributed by atoms with E-state index in [-0.39, 0.29) is 16.1 Å². The molecule has 2 N–H and O–H groups in total. The molecule has 0 spiro atoms. The number of fused-ring (bicyclic) bond motifs is 1. The van der Waals surface area contributed by atoms with Gasteiger partial charge >= 0.3 is 0 Å². The monoisotopic (exact) mass is 405 g/mol. The molecule has 0 fully saturated rings. The molecule has 0 saturated carbocycles. The third kappa shape index (κ3) is 4.39. The molecule has 0 bridgehead atoms. The van der Waals surface area contributed by atoms with Gasteiger partial charge < -0.3 is 10.2 Å². The molecule has 8 heteroatoms. The van der Waals surface area contributed by atoms with Crippen LogP contribution in [0.15, 0.2) is 46.2 Å². The third-order valence-corrected chi connectivity index (χ3v) is 6.84. The van der Waals surface area contributed by atoms with Gasteiger partial charge in [0.15, 0.2) is 0 Å². The van der Waals surface area contributed by atoms with E-state index < -0.39 is 10.0 Å². The average molecular weight is 406 g/mol. The minimum atomic E-state index is -3.77. The summed E-state index contributed by atoms with van der Waals surface area (Å²) in [6.07, 6.45) is 0.399. The van der Waals surface area contributed by atoms with Crippen molar-refractivity contribution in [3.63, 3.8) is 0 Å².